The van der Waals surface area contributed by atoms with Crippen LogP contribution in [0, 0.1) is 0 Å². The molecule has 0 rings (SSSR count). The molecule has 76 valence electrons. The Hall–Kier alpha value is -0.870. The van der Waals surface area contributed by atoms with Crippen molar-refractivity contribution < 1.29 is 19.0 Å². The Morgan fingerprint density at radius 2 is 2.08 bits per heavy atom. The fourth-order valence-corrected chi connectivity index (χ4v) is 0.648. The largest absolute Gasteiger partial charge is 0.405 e. The summed E-state index contributed by atoms with van der Waals surface area (Å²) < 4.78 is 14.9. The molecule has 13 heavy (non-hydrogen) atoms. The van der Waals surface area contributed by atoms with Crippen LogP contribution < -0.4 is 0 Å². The zero-order valence-corrected chi connectivity index (χ0v) is 8.55. The molecule has 0 aromatic heterocycles. The summed E-state index contributed by atoms with van der Waals surface area (Å²) in [7, 11) is 1.40. The van der Waals surface area contributed by atoms with Gasteiger partial charge in [-0.05, 0) is 13.8 Å². The van der Waals surface area contributed by atoms with Crippen molar-refractivity contribution in [3.63, 3.8) is 0 Å². The van der Waals surface area contributed by atoms with E-state index >= 15 is 0 Å². The first kappa shape index (κ1) is 12.1. The van der Waals surface area contributed by atoms with Crippen LogP contribution >= 0.6 is 0 Å². The first-order valence-electron chi connectivity index (χ1n) is 4.03. The van der Waals surface area contributed by atoms with Gasteiger partial charge in [-0.2, -0.15) is 0 Å². The van der Waals surface area contributed by atoms with Crippen molar-refractivity contribution in [3.8, 4) is 0 Å². The van der Waals surface area contributed by atoms with E-state index in [4.69, 9.17) is 14.2 Å². The van der Waals surface area contributed by atoms with Crippen molar-refractivity contribution in [2.45, 2.75) is 26.7 Å². The Labute approximate surface area is 78.5 Å². The molecule has 4 heteroatoms. The number of carbonyl (C=O) groups excluding carboxylic acids is 1. The lowest BCUT2D eigenvalue weighted by molar-refractivity contribution is -0.339. The van der Waals surface area contributed by atoms with Gasteiger partial charge in [0.1, 0.15) is 0 Å². The minimum Gasteiger partial charge on any atom is -0.405 e. The lowest BCUT2D eigenvalue weighted by Crippen LogP contribution is -2.37. The van der Waals surface area contributed by atoms with Crippen molar-refractivity contribution in [2.75, 3.05) is 13.7 Å². The molecule has 0 saturated carbocycles. The second kappa shape index (κ2) is 4.99. The summed E-state index contributed by atoms with van der Waals surface area (Å²) in [6.07, 6.45) is 0. The predicted molar refractivity (Wildman–Crippen MR) is 47.9 cm³/mol. The van der Waals surface area contributed by atoms with Crippen LogP contribution in [0.2, 0.25) is 0 Å². The summed E-state index contributed by atoms with van der Waals surface area (Å²) in [5.74, 6) is -1.84. The van der Waals surface area contributed by atoms with Gasteiger partial charge in [0.2, 0.25) is 0 Å². The maximum atomic E-state index is 11.1. The number of ether oxygens (including phenoxy) is 3. The van der Waals surface area contributed by atoms with Crippen molar-refractivity contribution in [1.29, 1.82) is 0 Å². The predicted octanol–water partition coefficient (Wildman–Crippen LogP) is 1.46. The fourth-order valence-electron chi connectivity index (χ4n) is 0.648. The summed E-state index contributed by atoms with van der Waals surface area (Å²) in [6.45, 7) is 8.71. The Bertz CT molecular complexity index is 200. The number of carbonyl (C=O) groups is 1. The monoisotopic (exact) mass is 188 g/mol. The molecule has 0 amide bonds. The minimum absolute atomic E-state index is 0.308. The molecule has 0 N–H and O–H groups in total. The van der Waals surface area contributed by atoms with Crippen molar-refractivity contribution in [1.82, 2.24) is 0 Å². The second-order valence-electron chi connectivity index (χ2n) is 2.67. The van der Waals surface area contributed by atoms with Crippen LogP contribution in [0.15, 0.2) is 12.2 Å². The van der Waals surface area contributed by atoms with E-state index < -0.39 is 11.9 Å². The van der Waals surface area contributed by atoms with Gasteiger partial charge in [-0.3, -0.25) is 0 Å². The van der Waals surface area contributed by atoms with Crippen molar-refractivity contribution in [3.05, 3.63) is 12.2 Å². The number of rotatable bonds is 5. The maximum Gasteiger partial charge on any atom is 0.337 e. The highest BCUT2D eigenvalue weighted by Gasteiger charge is 2.29. The number of hydrogen-bond donors (Lipinski definition) is 0. The summed E-state index contributed by atoms with van der Waals surface area (Å²) in [4.78, 5) is 11.1. The standard InChI is InChI=1S/C9H16O4/c1-6-12-9(4,11-5)13-8(10)7(2)3/h2,6H2,1,3-5H3. The van der Waals surface area contributed by atoms with Crippen LogP contribution in [0.25, 0.3) is 0 Å². The topological polar surface area (TPSA) is 44.8 Å². The van der Waals surface area contributed by atoms with Gasteiger partial charge in [0, 0.05) is 19.6 Å². The third-order valence-electron chi connectivity index (χ3n) is 1.40. The van der Waals surface area contributed by atoms with E-state index in [-0.39, 0.29) is 0 Å². The number of methoxy groups -OCH3 is 1. The Kier molecular flexibility index (Phi) is 4.66. The van der Waals surface area contributed by atoms with Crippen LogP contribution in [0.1, 0.15) is 20.8 Å². The zero-order valence-electron chi connectivity index (χ0n) is 8.55. The van der Waals surface area contributed by atoms with E-state index in [2.05, 4.69) is 6.58 Å². The highest BCUT2D eigenvalue weighted by atomic mass is 16.9. The van der Waals surface area contributed by atoms with E-state index in [1.165, 1.54) is 14.0 Å². The Morgan fingerprint density at radius 1 is 1.54 bits per heavy atom. The summed E-state index contributed by atoms with van der Waals surface area (Å²) in [5.41, 5.74) is 0.308. The first-order valence-corrected chi connectivity index (χ1v) is 4.03. The van der Waals surface area contributed by atoms with E-state index in [0.717, 1.165) is 0 Å². The molecule has 0 saturated heterocycles. The fraction of sp³-hybridized carbons (Fsp3) is 0.667. The molecule has 0 bridgehead atoms. The average Bonchev–Trinajstić information content (AvgIpc) is 2.04. The average molecular weight is 188 g/mol. The SMILES string of the molecule is C=C(C)C(=O)OC(C)(OC)OCC. The van der Waals surface area contributed by atoms with Gasteiger partial charge in [-0.15, -0.1) is 0 Å². The maximum absolute atomic E-state index is 11.1. The molecule has 1 atom stereocenters. The van der Waals surface area contributed by atoms with Gasteiger partial charge in [-0.25, -0.2) is 4.79 Å². The van der Waals surface area contributed by atoms with Crippen LogP contribution in [0.3, 0.4) is 0 Å². The molecule has 4 nitrogen and oxygen atoms in total. The molecule has 0 radical (unpaired) electrons. The Balaban J connectivity index is 4.26. The molecule has 0 heterocycles. The van der Waals surface area contributed by atoms with Crippen molar-refractivity contribution >= 4 is 5.97 Å². The number of esters is 1. The van der Waals surface area contributed by atoms with Crippen molar-refractivity contribution in [2.24, 2.45) is 0 Å². The highest BCUT2D eigenvalue weighted by molar-refractivity contribution is 5.87. The van der Waals surface area contributed by atoms with Crippen LogP contribution in [-0.4, -0.2) is 25.7 Å². The van der Waals surface area contributed by atoms with Crippen LogP contribution in [0.4, 0.5) is 0 Å². The smallest absolute Gasteiger partial charge is 0.337 e. The van der Waals surface area contributed by atoms with E-state index in [1.807, 2.05) is 0 Å². The van der Waals surface area contributed by atoms with Gasteiger partial charge in [0.25, 0.3) is 0 Å². The lowest BCUT2D eigenvalue weighted by Gasteiger charge is -2.26. The molecular formula is C9H16O4. The van der Waals surface area contributed by atoms with E-state index in [1.54, 1.807) is 13.8 Å². The van der Waals surface area contributed by atoms with Gasteiger partial charge >= 0.3 is 11.9 Å². The van der Waals surface area contributed by atoms with Gasteiger partial charge in [0.05, 0.1) is 6.61 Å². The molecule has 0 aliphatic heterocycles. The third kappa shape index (κ3) is 4.05. The second-order valence-corrected chi connectivity index (χ2v) is 2.67. The molecule has 0 aliphatic rings. The van der Waals surface area contributed by atoms with E-state index in [0.29, 0.717) is 12.2 Å². The molecule has 1 unspecified atom stereocenters. The molecular weight excluding hydrogens is 172 g/mol. The normalized spacial score (nSPS) is 14.8. The molecule has 0 aromatic carbocycles. The zero-order chi connectivity index (χ0) is 10.5. The minimum atomic E-state index is -1.31. The van der Waals surface area contributed by atoms with Gasteiger partial charge < -0.3 is 14.2 Å². The molecule has 0 aliphatic carbocycles. The first-order chi connectivity index (χ1) is 5.95. The molecule has 0 spiro atoms. The quantitative estimate of drug-likeness (QED) is 0.372. The van der Waals surface area contributed by atoms with Crippen LogP contribution in [-0.2, 0) is 19.0 Å². The van der Waals surface area contributed by atoms with E-state index in [9.17, 15) is 4.79 Å². The summed E-state index contributed by atoms with van der Waals surface area (Å²) in [6, 6.07) is 0. The van der Waals surface area contributed by atoms with Crippen LogP contribution in [0.5, 0.6) is 0 Å². The summed E-state index contributed by atoms with van der Waals surface area (Å²) >= 11 is 0. The Morgan fingerprint density at radius 3 is 2.38 bits per heavy atom. The molecule has 0 aromatic rings. The lowest BCUT2D eigenvalue weighted by atomic mass is 10.4. The number of hydrogen-bond acceptors (Lipinski definition) is 4. The molecule has 0 fully saturated rings. The van der Waals surface area contributed by atoms with Gasteiger partial charge in [-0.1, -0.05) is 6.58 Å². The third-order valence-corrected chi connectivity index (χ3v) is 1.40. The highest BCUT2D eigenvalue weighted by Crippen LogP contribution is 2.14. The van der Waals surface area contributed by atoms with Gasteiger partial charge in [0.15, 0.2) is 0 Å². The summed E-state index contributed by atoms with van der Waals surface area (Å²) in [5, 5.41) is 0.